The third kappa shape index (κ3) is 2.89. The average Bonchev–Trinajstić information content (AvgIpc) is 2.57. The van der Waals surface area contributed by atoms with Crippen molar-refractivity contribution in [2.75, 3.05) is 13.1 Å². The van der Waals surface area contributed by atoms with Crippen molar-refractivity contribution in [1.82, 2.24) is 4.90 Å². The minimum atomic E-state index is -0.254. The predicted octanol–water partition coefficient (Wildman–Crippen LogP) is 3.40. The molecule has 0 aromatic heterocycles. The molecular weight excluding hydrogens is 229 g/mol. The number of carbonyl (C=O) groups excluding carboxylic acids is 1. The van der Waals surface area contributed by atoms with Gasteiger partial charge in [-0.15, -0.1) is 0 Å². The molecular formula is C15H20FNO. The van der Waals surface area contributed by atoms with Gasteiger partial charge >= 0.3 is 0 Å². The van der Waals surface area contributed by atoms with Gasteiger partial charge in [0.1, 0.15) is 5.82 Å². The molecule has 1 aromatic carbocycles. The largest absolute Gasteiger partial charge is 0.339 e. The van der Waals surface area contributed by atoms with Crippen molar-refractivity contribution < 1.29 is 9.18 Å². The van der Waals surface area contributed by atoms with Crippen molar-refractivity contribution in [3.63, 3.8) is 0 Å². The Labute approximate surface area is 108 Å². The lowest BCUT2D eigenvalue weighted by Gasteiger charge is -2.20. The van der Waals surface area contributed by atoms with Gasteiger partial charge < -0.3 is 4.90 Å². The molecule has 1 unspecified atom stereocenters. The first-order valence-corrected chi connectivity index (χ1v) is 6.63. The molecule has 3 heteroatoms. The molecule has 18 heavy (non-hydrogen) atoms. The molecule has 98 valence electrons. The Kier molecular flexibility index (Phi) is 4.00. The third-order valence-corrected chi connectivity index (χ3v) is 3.71. The Balaban J connectivity index is 2.12. The monoisotopic (exact) mass is 249 g/mol. The van der Waals surface area contributed by atoms with Gasteiger partial charge in [-0.3, -0.25) is 4.79 Å². The Morgan fingerprint density at radius 3 is 2.83 bits per heavy atom. The molecule has 0 aliphatic carbocycles. The molecule has 0 spiro atoms. The summed E-state index contributed by atoms with van der Waals surface area (Å²) in [5, 5.41) is 0. The highest BCUT2D eigenvalue weighted by Crippen LogP contribution is 2.19. The van der Waals surface area contributed by atoms with Crippen molar-refractivity contribution in [2.45, 2.75) is 33.1 Å². The van der Waals surface area contributed by atoms with E-state index in [1.807, 2.05) is 4.90 Å². The van der Waals surface area contributed by atoms with Crippen LogP contribution in [0, 0.1) is 18.7 Å². The molecule has 1 aliphatic heterocycles. The zero-order chi connectivity index (χ0) is 13.1. The van der Waals surface area contributed by atoms with E-state index >= 15 is 0 Å². The van der Waals surface area contributed by atoms with Crippen molar-refractivity contribution in [3.05, 3.63) is 35.1 Å². The molecule has 1 aromatic rings. The van der Waals surface area contributed by atoms with E-state index in [-0.39, 0.29) is 11.7 Å². The minimum Gasteiger partial charge on any atom is -0.339 e. The molecule has 0 radical (unpaired) electrons. The van der Waals surface area contributed by atoms with Gasteiger partial charge in [-0.25, -0.2) is 4.39 Å². The molecule has 0 bridgehead atoms. The summed E-state index contributed by atoms with van der Waals surface area (Å²) in [6, 6.07) is 4.61. The fraction of sp³-hybridized carbons (Fsp3) is 0.533. The van der Waals surface area contributed by atoms with E-state index < -0.39 is 0 Å². The van der Waals surface area contributed by atoms with Crippen LogP contribution in [0.25, 0.3) is 0 Å². The van der Waals surface area contributed by atoms with Gasteiger partial charge in [-0.05, 0) is 55.9 Å². The molecule has 1 saturated heterocycles. The summed E-state index contributed by atoms with van der Waals surface area (Å²) in [5.41, 5.74) is 1.13. The average molecular weight is 249 g/mol. The maximum Gasteiger partial charge on any atom is 0.253 e. The van der Waals surface area contributed by atoms with Gasteiger partial charge in [0.25, 0.3) is 5.91 Å². The molecule has 1 fully saturated rings. The molecule has 1 heterocycles. The Hall–Kier alpha value is -1.38. The first-order chi connectivity index (χ1) is 8.58. The van der Waals surface area contributed by atoms with Crippen LogP contribution in [0.4, 0.5) is 4.39 Å². The summed E-state index contributed by atoms with van der Waals surface area (Å²) in [7, 11) is 0. The molecule has 0 saturated carbocycles. The SMILES string of the molecule is Cc1cc(C(=O)N2CCCC(C)CC2)ccc1F. The maximum absolute atomic E-state index is 13.2. The van der Waals surface area contributed by atoms with Crippen LogP contribution >= 0.6 is 0 Å². The van der Waals surface area contributed by atoms with E-state index in [0.29, 0.717) is 17.0 Å². The lowest BCUT2D eigenvalue weighted by molar-refractivity contribution is 0.0760. The lowest BCUT2D eigenvalue weighted by Crippen LogP contribution is -2.32. The van der Waals surface area contributed by atoms with Crippen LogP contribution in [0.15, 0.2) is 18.2 Å². The second-order valence-electron chi connectivity index (χ2n) is 5.29. The molecule has 2 nitrogen and oxygen atoms in total. The summed E-state index contributed by atoms with van der Waals surface area (Å²) in [6.45, 7) is 5.56. The number of aryl methyl sites for hydroxylation is 1. The fourth-order valence-corrected chi connectivity index (χ4v) is 2.43. The summed E-state index contributed by atoms with van der Waals surface area (Å²) < 4.78 is 13.2. The van der Waals surface area contributed by atoms with Crippen LogP contribution in [0.5, 0.6) is 0 Å². The number of amides is 1. The predicted molar refractivity (Wildman–Crippen MR) is 70.1 cm³/mol. The van der Waals surface area contributed by atoms with E-state index in [0.717, 1.165) is 25.9 Å². The number of hydrogen-bond acceptors (Lipinski definition) is 1. The van der Waals surface area contributed by atoms with E-state index in [9.17, 15) is 9.18 Å². The highest BCUT2D eigenvalue weighted by atomic mass is 19.1. The zero-order valence-electron chi connectivity index (χ0n) is 11.1. The molecule has 0 N–H and O–H groups in total. The quantitative estimate of drug-likeness (QED) is 0.747. The first kappa shape index (κ1) is 13.1. The number of carbonyl (C=O) groups is 1. The van der Waals surface area contributed by atoms with Gasteiger partial charge in [-0.2, -0.15) is 0 Å². The number of nitrogens with zero attached hydrogens (tertiary/aromatic N) is 1. The first-order valence-electron chi connectivity index (χ1n) is 6.63. The second kappa shape index (κ2) is 5.51. The summed E-state index contributed by atoms with van der Waals surface area (Å²) in [4.78, 5) is 14.2. The Bertz CT molecular complexity index is 444. The van der Waals surface area contributed by atoms with Gasteiger partial charge in [0.15, 0.2) is 0 Å². The minimum absolute atomic E-state index is 0.0344. The third-order valence-electron chi connectivity index (χ3n) is 3.71. The molecule has 1 aliphatic rings. The zero-order valence-corrected chi connectivity index (χ0v) is 11.1. The van der Waals surface area contributed by atoms with E-state index in [2.05, 4.69) is 6.92 Å². The normalized spacial score (nSPS) is 20.6. The van der Waals surface area contributed by atoms with E-state index in [4.69, 9.17) is 0 Å². The second-order valence-corrected chi connectivity index (χ2v) is 5.29. The van der Waals surface area contributed by atoms with Crippen molar-refractivity contribution in [2.24, 2.45) is 5.92 Å². The van der Waals surface area contributed by atoms with Crippen LogP contribution in [0.1, 0.15) is 42.1 Å². The molecule has 2 rings (SSSR count). The van der Waals surface area contributed by atoms with E-state index in [1.165, 1.54) is 12.5 Å². The van der Waals surface area contributed by atoms with Crippen molar-refractivity contribution >= 4 is 5.91 Å². The van der Waals surface area contributed by atoms with Gasteiger partial charge in [0.05, 0.1) is 0 Å². The van der Waals surface area contributed by atoms with Crippen LogP contribution in [-0.4, -0.2) is 23.9 Å². The highest BCUT2D eigenvalue weighted by Gasteiger charge is 2.20. The van der Waals surface area contributed by atoms with Crippen molar-refractivity contribution in [1.29, 1.82) is 0 Å². The standard InChI is InChI=1S/C15H20FNO/c1-11-4-3-8-17(9-7-11)15(18)13-5-6-14(16)12(2)10-13/h5-6,10-11H,3-4,7-9H2,1-2H3. The Morgan fingerprint density at radius 2 is 2.11 bits per heavy atom. The topological polar surface area (TPSA) is 20.3 Å². The number of rotatable bonds is 1. The van der Waals surface area contributed by atoms with Crippen LogP contribution in [-0.2, 0) is 0 Å². The fourth-order valence-electron chi connectivity index (χ4n) is 2.43. The number of likely N-dealkylation sites (tertiary alicyclic amines) is 1. The number of halogens is 1. The summed E-state index contributed by atoms with van der Waals surface area (Å²) >= 11 is 0. The van der Waals surface area contributed by atoms with Crippen LogP contribution < -0.4 is 0 Å². The number of benzene rings is 1. The molecule has 1 amide bonds. The summed E-state index contributed by atoms with van der Waals surface area (Å²) in [5.74, 6) is 0.473. The number of hydrogen-bond donors (Lipinski definition) is 0. The maximum atomic E-state index is 13.2. The molecule has 1 atom stereocenters. The van der Waals surface area contributed by atoms with Crippen LogP contribution in [0.2, 0.25) is 0 Å². The summed E-state index contributed by atoms with van der Waals surface area (Å²) in [6.07, 6.45) is 3.31. The van der Waals surface area contributed by atoms with Gasteiger partial charge in [0, 0.05) is 18.7 Å². The van der Waals surface area contributed by atoms with Gasteiger partial charge in [-0.1, -0.05) is 6.92 Å². The lowest BCUT2D eigenvalue weighted by atomic mass is 10.0. The van der Waals surface area contributed by atoms with Crippen molar-refractivity contribution in [3.8, 4) is 0 Å². The Morgan fingerprint density at radius 1 is 1.33 bits per heavy atom. The van der Waals surface area contributed by atoms with Crippen LogP contribution in [0.3, 0.4) is 0 Å². The van der Waals surface area contributed by atoms with Gasteiger partial charge in [0.2, 0.25) is 0 Å². The van der Waals surface area contributed by atoms with E-state index in [1.54, 1.807) is 19.1 Å². The highest BCUT2D eigenvalue weighted by molar-refractivity contribution is 5.94. The smallest absolute Gasteiger partial charge is 0.253 e.